The van der Waals surface area contributed by atoms with Crippen LogP contribution in [0, 0.1) is 0 Å². The number of methoxy groups -OCH3 is 1. The minimum atomic E-state index is -0.617. The Morgan fingerprint density at radius 2 is 1.74 bits per heavy atom. The van der Waals surface area contributed by atoms with Crippen molar-refractivity contribution in [1.29, 1.82) is 0 Å². The summed E-state index contributed by atoms with van der Waals surface area (Å²) in [6.07, 6.45) is -0.617. The molecule has 0 aromatic heterocycles. The van der Waals surface area contributed by atoms with Gasteiger partial charge in [-0.1, -0.05) is 29.8 Å². The van der Waals surface area contributed by atoms with Crippen molar-refractivity contribution in [2.75, 3.05) is 7.11 Å². The zero-order chi connectivity index (χ0) is 16.8. The van der Waals surface area contributed by atoms with Crippen LogP contribution >= 0.6 is 11.6 Å². The Bertz CT molecular complexity index is 658. The number of hydrogen-bond acceptors (Lipinski definition) is 3. The Morgan fingerprint density at radius 3 is 2.39 bits per heavy atom. The molecule has 1 N–H and O–H groups in total. The van der Waals surface area contributed by atoms with Crippen molar-refractivity contribution in [1.82, 2.24) is 5.32 Å². The molecule has 5 heteroatoms. The molecular formula is C18H20ClNO3. The standard InChI is InChI=1S/C18H20ClNO3/c1-12(16-6-4-5-7-17(16)22-3)20-18(21)13(2)23-15-10-8-14(19)9-11-15/h4-13H,1-3H3,(H,20,21). The van der Waals surface area contributed by atoms with Crippen LogP contribution in [0.5, 0.6) is 11.5 Å². The molecule has 0 aliphatic heterocycles. The molecule has 0 spiro atoms. The maximum atomic E-state index is 12.3. The molecule has 0 heterocycles. The van der Waals surface area contributed by atoms with Gasteiger partial charge < -0.3 is 14.8 Å². The number of ether oxygens (including phenoxy) is 2. The van der Waals surface area contributed by atoms with Gasteiger partial charge in [0.1, 0.15) is 11.5 Å². The average Bonchev–Trinajstić information content (AvgIpc) is 2.56. The number of halogens is 1. The molecule has 0 fully saturated rings. The highest BCUT2D eigenvalue weighted by molar-refractivity contribution is 6.30. The summed E-state index contributed by atoms with van der Waals surface area (Å²) in [5.41, 5.74) is 0.919. The lowest BCUT2D eigenvalue weighted by Crippen LogP contribution is -2.37. The van der Waals surface area contributed by atoms with Crippen molar-refractivity contribution in [2.45, 2.75) is 26.0 Å². The second-order valence-corrected chi connectivity index (χ2v) is 5.62. The third kappa shape index (κ3) is 4.63. The molecule has 2 rings (SSSR count). The van der Waals surface area contributed by atoms with Crippen LogP contribution in [0.15, 0.2) is 48.5 Å². The zero-order valence-corrected chi connectivity index (χ0v) is 14.1. The van der Waals surface area contributed by atoms with Crippen molar-refractivity contribution in [2.24, 2.45) is 0 Å². The first kappa shape index (κ1) is 17.2. The number of para-hydroxylation sites is 1. The van der Waals surface area contributed by atoms with Crippen LogP contribution in [0.4, 0.5) is 0 Å². The Kier molecular flexibility index (Phi) is 5.88. The molecule has 2 atom stereocenters. The highest BCUT2D eigenvalue weighted by Gasteiger charge is 2.19. The first-order valence-electron chi connectivity index (χ1n) is 7.36. The fraction of sp³-hybridized carbons (Fsp3) is 0.278. The van der Waals surface area contributed by atoms with E-state index in [4.69, 9.17) is 21.1 Å². The van der Waals surface area contributed by atoms with Gasteiger partial charge in [0.25, 0.3) is 5.91 Å². The van der Waals surface area contributed by atoms with Gasteiger partial charge in [-0.05, 0) is 44.2 Å². The number of amides is 1. The molecule has 0 saturated heterocycles. The van der Waals surface area contributed by atoms with E-state index < -0.39 is 6.10 Å². The van der Waals surface area contributed by atoms with Gasteiger partial charge in [0.05, 0.1) is 13.2 Å². The smallest absolute Gasteiger partial charge is 0.261 e. The fourth-order valence-electron chi connectivity index (χ4n) is 2.20. The fourth-order valence-corrected chi connectivity index (χ4v) is 2.33. The number of hydrogen-bond donors (Lipinski definition) is 1. The molecular weight excluding hydrogens is 314 g/mol. The number of nitrogens with one attached hydrogen (secondary N) is 1. The lowest BCUT2D eigenvalue weighted by atomic mass is 10.1. The van der Waals surface area contributed by atoms with Gasteiger partial charge in [-0.2, -0.15) is 0 Å². The number of carbonyl (C=O) groups is 1. The minimum absolute atomic E-state index is 0.185. The molecule has 0 saturated carbocycles. The quantitative estimate of drug-likeness (QED) is 0.869. The monoisotopic (exact) mass is 333 g/mol. The van der Waals surface area contributed by atoms with Crippen LogP contribution in [0.2, 0.25) is 5.02 Å². The predicted octanol–water partition coefficient (Wildman–Crippen LogP) is 3.99. The summed E-state index contributed by atoms with van der Waals surface area (Å²) in [6, 6.07) is 14.3. The van der Waals surface area contributed by atoms with Crippen LogP contribution in [-0.2, 0) is 4.79 Å². The molecule has 2 aromatic carbocycles. The van der Waals surface area contributed by atoms with E-state index in [0.717, 1.165) is 11.3 Å². The van der Waals surface area contributed by atoms with Gasteiger partial charge >= 0.3 is 0 Å². The van der Waals surface area contributed by atoms with Crippen LogP contribution in [0.25, 0.3) is 0 Å². The van der Waals surface area contributed by atoms with Crippen molar-refractivity contribution < 1.29 is 14.3 Å². The Balaban J connectivity index is 1.98. The molecule has 2 aromatic rings. The van der Waals surface area contributed by atoms with Gasteiger partial charge in [0, 0.05) is 10.6 Å². The summed E-state index contributed by atoms with van der Waals surface area (Å²) in [5, 5.41) is 3.56. The minimum Gasteiger partial charge on any atom is -0.496 e. The Hall–Kier alpha value is -2.20. The lowest BCUT2D eigenvalue weighted by Gasteiger charge is -2.20. The summed E-state index contributed by atoms with van der Waals surface area (Å²) in [5.74, 6) is 1.15. The molecule has 122 valence electrons. The zero-order valence-electron chi connectivity index (χ0n) is 13.4. The van der Waals surface area contributed by atoms with Crippen LogP contribution in [-0.4, -0.2) is 19.1 Å². The topological polar surface area (TPSA) is 47.6 Å². The number of benzene rings is 2. The summed E-state index contributed by atoms with van der Waals surface area (Å²) < 4.78 is 10.9. The van der Waals surface area contributed by atoms with Crippen molar-refractivity contribution in [3.63, 3.8) is 0 Å². The largest absolute Gasteiger partial charge is 0.496 e. The molecule has 0 aliphatic carbocycles. The molecule has 0 aliphatic rings. The lowest BCUT2D eigenvalue weighted by molar-refractivity contribution is -0.127. The van der Waals surface area contributed by atoms with E-state index in [9.17, 15) is 4.79 Å². The van der Waals surface area contributed by atoms with Crippen molar-refractivity contribution >= 4 is 17.5 Å². The summed E-state index contributed by atoms with van der Waals surface area (Å²) in [6.45, 7) is 3.61. The van der Waals surface area contributed by atoms with Gasteiger partial charge in [0.15, 0.2) is 6.10 Å². The number of rotatable bonds is 6. The molecule has 0 radical (unpaired) electrons. The maximum absolute atomic E-state index is 12.3. The van der Waals surface area contributed by atoms with Gasteiger partial charge in [0.2, 0.25) is 0 Å². The third-order valence-corrected chi connectivity index (χ3v) is 3.71. The molecule has 23 heavy (non-hydrogen) atoms. The van der Waals surface area contributed by atoms with E-state index >= 15 is 0 Å². The van der Waals surface area contributed by atoms with Gasteiger partial charge in [-0.25, -0.2) is 0 Å². The Morgan fingerprint density at radius 1 is 1.09 bits per heavy atom. The third-order valence-electron chi connectivity index (χ3n) is 3.46. The van der Waals surface area contributed by atoms with Crippen molar-refractivity contribution in [3.05, 3.63) is 59.1 Å². The highest BCUT2D eigenvalue weighted by Crippen LogP contribution is 2.24. The average molecular weight is 334 g/mol. The second kappa shape index (κ2) is 7.88. The predicted molar refractivity (Wildman–Crippen MR) is 91.1 cm³/mol. The SMILES string of the molecule is COc1ccccc1C(C)NC(=O)C(C)Oc1ccc(Cl)cc1. The Labute approximate surface area is 141 Å². The molecule has 1 amide bonds. The summed E-state index contributed by atoms with van der Waals surface area (Å²) >= 11 is 5.83. The maximum Gasteiger partial charge on any atom is 0.261 e. The second-order valence-electron chi connectivity index (χ2n) is 5.19. The van der Waals surface area contributed by atoms with E-state index in [1.807, 2.05) is 31.2 Å². The normalized spacial score (nSPS) is 13.0. The molecule has 0 bridgehead atoms. The van der Waals surface area contributed by atoms with Crippen LogP contribution < -0.4 is 14.8 Å². The first-order chi connectivity index (χ1) is 11.0. The van der Waals surface area contributed by atoms with E-state index in [1.54, 1.807) is 38.3 Å². The summed E-state index contributed by atoms with van der Waals surface area (Å²) in [4.78, 5) is 12.3. The van der Waals surface area contributed by atoms with E-state index in [-0.39, 0.29) is 11.9 Å². The highest BCUT2D eigenvalue weighted by atomic mass is 35.5. The molecule has 2 unspecified atom stereocenters. The van der Waals surface area contributed by atoms with E-state index in [2.05, 4.69) is 5.32 Å². The van der Waals surface area contributed by atoms with E-state index in [1.165, 1.54) is 0 Å². The van der Waals surface area contributed by atoms with Crippen LogP contribution in [0.3, 0.4) is 0 Å². The number of carbonyl (C=O) groups excluding carboxylic acids is 1. The molecule has 4 nitrogen and oxygen atoms in total. The van der Waals surface area contributed by atoms with Gasteiger partial charge in [-0.15, -0.1) is 0 Å². The van der Waals surface area contributed by atoms with E-state index in [0.29, 0.717) is 10.8 Å². The van der Waals surface area contributed by atoms with Crippen molar-refractivity contribution in [3.8, 4) is 11.5 Å². The van der Waals surface area contributed by atoms with Crippen LogP contribution in [0.1, 0.15) is 25.5 Å². The van der Waals surface area contributed by atoms with Gasteiger partial charge in [-0.3, -0.25) is 4.79 Å². The summed E-state index contributed by atoms with van der Waals surface area (Å²) in [7, 11) is 1.61. The first-order valence-corrected chi connectivity index (χ1v) is 7.74.